The molecule has 6 heteroatoms. The highest BCUT2D eigenvalue weighted by Gasteiger charge is 2.16. The minimum Gasteiger partial charge on any atom is -0.477 e. The van der Waals surface area contributed by atoms with Gasteiger partial charge in [0.15, 0.2) is 5.82 Å². The van der Waals surface area contributed by atoms with Crippen molar-refractivity contribution in [2.24, 2.45) is 0 Å². The molecule has 0 fully saturated rings. The van der Waals surface area contributed by atoms with Gasteiger partial charge in [-0.05, 0) is 36.4 Å². The predicted octanol–water partition coefficient (Wildman–Crippen LogP) is 3.70. The molecule has 0 saturated carbocycles. The number of hydrogen-bond acceptors (Lipinski definition) is 5. The number of hydrogen-bond donors (Lipinski definition) is 1. The number of carbonyl (C=O) groups is 1. The smallest absolute Gasteiger partial charge is 0.341 e. The molecule has 2 aromatic carbocycles. The van der Waals surface area contributed by atoms with Crippen LogP contribution in [0.4, 0.5) is 5.82 Å². The van der Waals surface area contributed by atoms with Gasteiger partial charge in [0.05, 0.1) is 0 Å². The van der Waals surface area contributed by atoms with Gasteiger partial charge in [-0.15, -0.1) is 0 Å². The van der Waals surface area contributed by atoms with E-state index in [0.717, 1.165) is 11.3 Å². The number of carboxylic acids is 1. The Morgan fingerprint density at radius 1 is 1.00 bits per heavy atom. The number of carboxylic acid groups (broad SMARTS) is 1. The topological polar surface area (TPSA) is 75.5 Å². The zero-order valence-electron chi connectivity index (χ0n) is 13.9. The second kappa shape index (κ2) is 7.00. The summed E-state index contributed by atoms with van der Waals surface area (Å²) in [6.07, 6.45) is 1.33. The Balaban J connectivity index is 1.87. The molecule has 126 valence electrons. The van der Waals surface area contributed by atoms with E-state index in [4.69, 9.17) is 4.74 Å². The summed E-state index contributed by atoms with van der Waals surface area (Å²) in [7, 11) is 3.49. The van der Waals surface area contributed by atoms with Crippen molar-refractivity contribution in [3.8, 4) is 22.9 Å². The Bertz CT molecular complexity index is 878. The number of para-hydroxylation sites is 1. The van der Waals surface area contributed by atoms with Crippen LogP contribution in [-0.4, -0.2) is 35.1 Å². The fourth-order valence-electron chi connectivity index (χ4n) is 2.30. The number of nitrogens with zero attached hydrogens (tertiary/aromatic N) is 3. The molecule has 0 amide bonds. The highest BCUT2D eigenvalue weighted by molar-refractivity contribution is 5.93. The number of anilines is 1. The first-order valence-electron chi connectivity index (χ1n) is 7.65. The van der Waals surface area contributed by atoms with E-state index in [2.05, 4.69) is 9.97 Å². The molecule has 0 aliphatic heterocycles. The molecule has 1 N–H and O–H groups in total. The monoisotopic (exact) mass is 335 g/mol. The Kier molecular flexibility index (Phi) is 4.61. The molecule has 0 aliphatic carbocycles. The van der Waals surface area contributed by atoms with Gasteiger partial charge in [0, 0.05) is 25.9 Å². The number of aromatic nitrogens is 2. The van der Waals surface area contributed by atoms with Crippen LogP contribution in [0, 0.1) is 0 Å². The van der Waals surface area contributed by atoms with Crippen LogP contribution >= 0.6 is 0 Å². The molecule has 0 atom stereocenters. The van der Waals surface area contributed by atoms with Crippen LogP contribution in [0.25, 0.3) is 11.4 Å². The highest BCUT2D eigenvalue weighted by Crippen LogP contribution is 2.25. The van der Waals surface area contributed by atoms with Crippen molar-refractivity contribution in [3.63, 3.8) is 0 Å². The fourth-order valence-corrected chi connectivity index (χ4v) is 2.30. The molecule has 6 nitrogen and oxygen atoms in total. The Labute approximate surface area is 145 Å². The summed E-state index contributed by atoms with van der Waals surface area (Å²) in [6, 6.07) is 16.8. The molecule has 0 unspecified atom stereocenters. The van der Waals surface area contributed by atoms with Crippen molar-refractivity contribution in [2.45, 2.75) is 0 Å². The minimum absolute atomic E-state index is 0.0674. The van der Waals surface area contributed by atoms with E-state index in [-0.39, 0.29) is 5.56 Å². The molecule has 0 radical (unpaired) electrons. The maximum absolute atomic E-state index is 11.3. The van der Waals surface area contributed by atoms with Crippen LogP contribution in [0.3, 0.4) is 0 Å². The lowest BCUT2D eigenvalue weighted by atomic mass is 10.2. The summed E-state index contributed by atoms with van der Waals surface area (Å²) in [4.78, 5) is 21.5. The minimum atomic E-state index is -1.05. The van der Waals surface area contributed by atoms with Crippen LogP contribution in [0.15, 0.2) is 60.8 Å². The van der Waals surface area contributed by atoms with Crippen LogP contribution in [-0.2, 0) is 0 Å². The van der Waals surface area contributed by atoms with Crippen molar-refractivity contribution in [1.29, 1.82) is 0 Å². The zero-order chi connectivity index (χ0) is 17.8. The molecule has 1 heterocycles. The van der Waals surface area contributed by atoms with Crippen molar-refractivity contribution in [3.05, 3.63) is 66.4 Å². The third kappa shape index (κ3) is 3.74. The molecule has 0 spiro atoms. The van der Waals surface area contributed by atoms with Gasteiger partial charge in [-0.3, -0.25) is 0 Å². The summed E-state index contributed by atoms with van der Waals surface area (Å²) < 4.78 is 5.75. The van der Waals surface area contributed by atoms with Crippen molar-refractivity contribution >= 4 is 11.8 Å². The maximum atomic E-state index is 11.3. The van der Waals surface area contributed by atoms with E-state index in [0.29, 0.717) is 17.4 Å². The van der Waals surface area contributed by atoms with Crippen molar-refractivity contribution in [1.82, 2.24) is 9.97 Å². The van der Waals surface area contributed by atoms with Crippen molar-refractivity contribution in [2.75, 3.05) is 19.0 Å². The quantitative estimate of drug-likeness (QED) is 0.766. The molecular weight excluding hydrogens is 318 g/mol. The van der Waals surface area contributed by atoms with Crippen LogP contribution in [0.5, 0.6) is 11.5 Å². The lowest BCUT2D eigenvalue weighted by molar-refractivity contribution is 0.0697. The molecular formula is C19H17N3O3. The van der Waals surface area contributed by atoms with E-state index in [9.17, 15) is 9.90 Å². The van der Waals surface area contributed by atoms with E-state index in [1.807, 2.05) is 54.6 Å². The summed E-state index contributed by atoms with van der Waals surface area (Å²) >= 11 is 0. The molecule has 3 aromatic rings. The Morgan fingerprint density at radius 2 is 1.64 bits per heavy atom. The second-order valence-corrected chi connectivity index (χ2v) is 5.57. The molecule has 3 rings (SSSR count). The lowest BCUT2D eigenvalue weighted by Gasteiger charge is -2.15. The van der Waals surface area contributed by atoms with E-state index >= 15 is 0 Å². The SMILES string of the molecule is CN(C)c1nc(-c2ccc(Oc3ccccc3)cc2)ncc1C(=O)O. The largest absolute Gasteiger partial charge is 0.477 e. The summed E-state index contributed by atoms with van der Waals surface area (Å²) in [6.45, 7) is 0. The average Bonchev–Trinajstić information content (AvgIpc) is 2.62. The second-order valence-electron chi connectivity index (χ2n) is 5.57. The first-order chi connectivity index (χ1) is 12.0. The summed E-state index contributed by atoms with van der Waals surface area (Å²) in [5, 5.41) is 9.23. The summed E-state index contributed by atoms with van der Waals surface area (Å²) in [5.41, 5.74) is 0.846. The molecule has 0 saturated heterocycles. The zero-order valence-corrected chi connectivity index (χ0v) is 13.9. The van der Waals surface area contributed by atoms with E-state index in [1.165, 1.54) is 6.20 Å². The lowest BCUT2D eigenvalue weighted by Crippen LogP contribution is -2.16. The van der Waals surface area contributed by atoms with Gasteiger partial charge in [0.1, 0.15) is 22.9 Å². The third-order valence-corrected chi connectivity index (χ3v) is 3.51. The fraction of sp³-hybridized carbons (Fsp3) is 0.105. The van der Waals surface area contributed by atoms with Gasteiger partial charge in [0.25, 0.3) is 0 Å². The standard InChI is InChI=1S/C19H17N3O3/c1-22(2)18-16(19(23)24)12-20-17(21-18)13-8-10-15(11-9-13)25-14-6-4-3-5-7-14/h3-12H,1-2H3,(H,23,24). The van der Waals surface area contributed by atoms with E-state index < -0.39 is 5.97 Å². The Hall–Kier alpha value is -3.41. The Morgan fingerprint density at radius 3 is 2.24 bits per heavy atom. The van der Waals surface area contributed by atoms with Gasteiger partial charge in [-0.25, -0.2) is 14.8 Å². The molecule has 0 bridgehead atoms. The summed E-state index contributed by atoms with van der Waals surface area (Å²) in [5.74, 6) is 1.22. The van der Waals surface area contributed by atoms with Gasteiger partial charge in [-0.2, -0.15) is 0 Å². The normalized spacial score (nSPS) is 10.3. The van der Waals surface area contributed by atoms with Gasteiger partial charge in [-0.1, -0.05) is 18.2 Å². The average molecular weight is 335 g/mol. The van der Waals surface area contributed by atoms with Gasteiger partial charge in [0.2, 0.25) is 0 Å². The third-order valence-electron chi connectivity index (χ3n) is 3.51. The van der Waals surface area contributed by atoms with Crippen LogP contribution in [0.2, 0.25) is 0 Å². The first-order valence-corrected chi connectivity index (χ1v) is 7.65. The highest BCUT2D eigenvalue weighted by atomic mass is 16.5. The van der Waals surface area contributed by atoms with Crippen LogP contribution < -0.4 is 9.64 Å². The van der Waals surface area contributed by atoms with E-state index in [1.54, 1.807) is 19.0 Å². The first kappa shape index (κ1) is 16.4. The number of ether oxygens (including phenoxy) is 1. The number of rotatable bonds is 5. The molecule has 25 heavy (non-hydrogen) atoms. The number of benzene rings is 2. The molecule has 1 aromatic heterocycles. The van der Waals surface area contributed by atoms with Crippen LogP contribution in [0.1, 0.15) is 10.4 Å². The predicted molar refractivity (Wildman–Crippen MR) is 95.3 cm³/mol. The maximum Gasteiger partial charge on any atom is 0.341 e. The number of aromatic carboxylic acids is 1. The molecule has 0 aliphatic rings. The van der Waals surface area contributed by atoms with Gasteiger partial charge < -0.3 is 14.7 Å². The van der Waals surface area contributed by atoms with Gasteiger partial charge >= 0.3 is 5.97 Å². The van der Waals surface area contributed by atoms with Crippen molar-refractivity contribution < 1.29 is 14.6 Å².